The molecule has 0 fully saturated rings. The normalized spacial score (nSPS) is 10.8. The summed E-state index contributed by atoms with van der Waals surface area (Å²) in [4.78, 5) is 4.24. The quantitative estimate of drug-likeness (QED) is 0.660. The minimum absolute atomic E-state index is 0.583. The second kappa shape index (κ2) is 2.79. The first kappa shape index (κ1) is 7.62. The molecule has 0 N–H and O–H groups in total. The lowest BCUT2D eigenvalue weighted by Gasteiger charge is -2.00. The summed E-state index contributed by atoms with van der Waals surface area (Å²) in [6.45, 7) is 2.06. The van der Waals surface area contributed by atoms with E-state index in [0.717, 1.165) is 17.6 Å². The van der Waals surface area contributed by atoms with Crippen molar-refractivity contribution in [1.82, 2.24) is 9.38 Å². The zero-order valence-electron chi connectivity index (χ0n) is 6.79. The van der Waals surface area contributed by atoms with Crippen LogP contribution in [0.4, 0.5) is 0 Å². The van der Waals surface area contributed by atoms with Crippen molar-refractivity contribution in [3.8, 4) is 0 Å². The van der Waals surface area contributed by atoms with Crippen LogP contribution in [0.1, 0.15) is 12.6 Å². The summed E-state index contributed by atoms with van der Waals surface area (Å²) in [7, 11) is 0. The molecule has 0 aliphatic heterocycles. The number of nitrogens with zero attached hydrogens (tertiary/aromatic N) is 2. The minimum Gasteiger partial charge on any atom is -0.319 e. The monoisotopic (exact) mass is 180 g/mol. The summed E-state index contributed by atoms with van der Waals surface area (Å²) in [5.41, 5.74) is 1.98. The number of hydrogen-bond acceptors (Lipinski definition) is 1. The molecule has 3 heteroatoms. The maximum atomic E-state index is 5.95. The third-order valence-corrected chi connectivity index (χ3v) is 2.16. The molecule has 12 heavy (non-hydrogen) atoms. The summed E-state index contributed by atoms with van der Waals surface area (Å²) < 4.78 is 1.99. The largest absolute Gasteiger partial charge is 0.319 e. The minimum atomic E-state index is 0.583. The molecule has 0 saturated carbocycles. The Kier molecular flexibility index (Phi) is 1.77. The zero-order valence-corrected chi connectivity index (χ0v) is 7.54. The molecule has 2 nitrogen and oxygen atoms in total. The Hall–Kier alpha value is -1.02. The van der Waals surface area contributed by atoms with E-state index in [1.165, 1.54) is 0 Å². The number of rotatable bonds is 1. The van der Waals surface area contributed by atoms with Crippen molar-refractivity contribution in [3.63, 3.8) is 0 Å². The first-order valence-electron chi connectivity index (χ1n) is 3.93. The molecule has 2 aromatic rings. The maximum absolute atomic E-state index is 5.95. The first-order valence-corrected chi connectivity index (χ1v) is 4.31. The van der Waals surface area contributed by atoms with Gasteiger partial charge in [-0.3, -0.25) is 0 Å². The third kappa shape index (κ3) is 1.08. The van der Waals surface area contributed by atoms with E-state index in [9.17, 15) is 0 Å². The molecular weight excluding hydrogens is 172 g/mol. The molecule has 62 valence electrons. The van der Waals surface area contributed by atoms with Crippen LogP contribution in [0.25, 0.3) is 5.52 Å². The molecule has 0 amide bonds. The van der Waals surface area contributed by atoms with E-state index in [-0.39, 0.29) is 0 Å². The van der Waals surface area contributed by atoms with Gasteiger partial charge in [0.05, 0.1) is 11.2 Å². The Bertz CT molecular complexity index is 406. The predicted octanol–water partition coefficient (Wildman–Crippen LogP) is 2.55. The molecule has 0 atom stereocenters. The Labute approximate surface area is 75.8 Å². The second-order valence-corrected chi connectivity index (χ2v) is 3.04. The molecule has 0 aliphatic carbocycles. The van der Waals surface area contributed by atoms with Crippen LogP contribution < -0.4 is 0 Å². The van der Waals surface area contributed by atoms with Crippen molar-refractivity contribution < 1.29 is 0 Å². The number of hydrogen-bond donors (Lipinski definition) is 0. The van der Waals surface area contributed by atoms with Crippen LogP contribution in [-0.4, -0.2) is 9.38 Å². The van der Waals surface area contributed by atoms with Crippen LogP contribution in [0.15, 0.2) is 24.5 Å². The summed E-state index contributed by atoms with van der Waals surface area (Å²) in [5, 5.41) is 0.583. The van der Waals surface area contributed by atoms with E-state index in [4.69, 9.17) is 11.6 Å². The zero-order chi connectivity index (χ0) is 8.55. The van der Waals surface area contributed by atoms with Gasteiger partial charge in [0.15, 0.2) is 5.15 Å². The number of halogens is 1. The fourth-order valence-electron chi connectivity index (χ4n) is 1.22. The van der Waals surface area contributed by atoms with Crippen LogP contribution in [0.5, 0.6) is 0 Å². The van der Waals surface area contributed by atoms with Gasteiger partial charge in [-0.05, 0) is 18.6 Å². The number of fused-ring (bicyclic) bond motifs is 1. The molecule has 2 heterocycles. The fraction of sp³-hybridized carbons (Fsp3) is 0.222. The third-order valence-electron chi connectivity index (χ3n) is 1.88. The average Bonchev–Trinajstić information content (AvgIpc) is 2.52. The van der Waals surface area contributed by atoms with E-state index in [1.807, 2.05) is 28.9 Å². The average molecular weight is 181 g/mol. The van der Waals surface area contributed by atoms with Crippen molar-refractivity contribution in [2.75, 3.05) is 0 Å². The molecule has 0 saturated heterocycles. The van der Waals surface area contributed by atoms with E-state index in [0.29, 0.717) is 5.15 Å². The molecule has 0 bridgehead atoms. The Morgan fingerprint density at radius 2 is 2.42 bits per heavy atom. The van der Waals surface area contributed by atoms with Gasteiger partial charge in [0, 0.05) is 12.4 Å². The molecule has 0 radical (unpaired) electrons. The van der Waals surface area contributed by atoms with Gasteiger partial charge in [0.1, 0.15) is 0 Å². The van der Waals surface area contributed by atoms with Crippen molar-refractivity contribution in [1.29, 1.82) is 0 Å². The second-order valence-electron chi connectivity index (χ2n) is 2.68. The molecule has 0 aliphatic rings. The van der Waals surface area contributed by atoms with Gasteiger partial charge in [-0.25, -0.2) is 4.98 Å². The lowest BCUT2D eigenvalue weighted by molar-refractivity contribution is 0.986. The Morgan fingerprint density at radius 1 is 1.58 bits per heavy atom. The highest BCUT2D eigenvalue weighted by Crippen LogP contribution is 2.15. The highest BCUT2D eigenvalue weighted by Gasteiger charge is 2.01. The SMILES string of the molecule is CCc1cn2cccc2c(Cl)n1. The number of aryl methyl sites for hydroxylation is 1. The Morgan fingerprint density at radius 3 is 3.17 bits per heavy atom. The smallest absolute Gasteiger partial charge is 0.153 e. The molecule has 2 aromatic heterocycles. The summed E-state index contributed by atoms with van der Waals surface area (Å²) in [6.07, 6.45) is 4.89. The summed E-state index contributed by atoms with van der Waals surface area (Å²) in [5.74, 6) is 0. The first-order chi connectivity index (χ1) is 5.81. The van der Waals surface area contributed by atoms with Crippen LogP contribution in [0.2, 0.25) is 5.15 Å². The summed E-state index contributed by atoms with van der Waals surface area (Å²) >= 11 is 5.95. The number of aromatic nitrogens is 2. The molecular formula is C9H9ClN2. The lowest BCUT2D eigenvalue weighted by Crippen LogP contribution is -1.92. The van der Waals surface area contributed by atoms with Crippen LogP contribution in [-0.2, 0) is 6.42 Å². The van der Waals surface area contributed by atoms with Crippen LogP contribution in [0.3, 0.4) is 0 Å². The van der Waals surface area contributed by atoms with E-state index in [1.54, 1.807) is 0 Å². The van der Waals surface area contributed by atoms with E-state index < -0.39 is 0 Å². The van der Waals surface area contributed by atoms with Crippen molar-refractivity contribution >= 4 is 17.1 Å². The van der Waals surface area contributed by atoms with Crippen molar-refractivity contribution in [2.45, 2.75) is 13.3 Å². The highest BCUT2D eigenvalue weighted by atomic mass is 35.5. The van der Waals surface area contributed by atoms with Crippen molar-refractivity contribution in [3.05, 3.63) is 35.4 Å². The van der Waals surface area contributed by atoms with Crippen molar-refractivity contribution in [2.24, 2.45) is 0 Å². The predicted molar refractivity (Wildman–Crippen MR) is 49.6 cm³/mol. The van der Waals surface area contributed by atoms with E-state index in [2.05, 4.69) is 11.9 Å². The molecule has 0 aromatic carbocycles. The standard InChI is InChI=1S/C9H9ClN2/c1-2-7-6-12-5-3-4-8(12)9(10)11-7/h3-6H,2H2,1H3. The van der Waals surface area contributed by atoms with Gasteiger partial charge in [0.25, 0.3) is 0 Å². The van der Waals surface area contributed by atoms with E-state index >= 15 is 0 Å². The van der Waals surface area contributed by atoms with Gasteiger partial charge < -0.3 is 4.40 Å². The van der Waals surface area contributed by atoms with Gasteiger partial charge >= 0.3 is 0 Å². The molecule has 0 unspecified atom stereocenters. The summed E-state index contributed by atoms with van der Waals surface area (Å²) in [6, 6.07) is 3.91. The van der Waals surface area contributed by atoms with Gasteiger partial charge in [-0.1, -0.05) is 18.5 Å². The fourth-order valence-corrected chi connectivity index (χ4v) is 1.49. The molecule has 0 spiro atoms. The lowest BCUT2D eigenvalue weighted by atomic mass is 10.3. The maximum Gasteiger partial charge on any atom is 0.153 e. The van der Waals surface area contributed by atoms with Crippen LogP contribution >= 0.6 is 11.6 Å². The van der Waals surface area contributed by atoms with Gasteiger partial charge in [-0.2, -0.15) is 0 Å². The topological polar surface area (TPSA) is 17.3 Å². The van der Waals surface area contributed by atoms with Gasteiger partial charge in [0.2, 0.25) is 0 Å². The van der Waals surface area contributed by atoms with Crippen LogP contribution in [0, 0.1) is 0 Å². The highest BCUT2D eigenvalue weighted by molar-refractivity contribution is 6.32. The van der Waals surface area contributed by atoms with Gasteiger partial charge in [-0.15, -0.1) is 0 Å². The molecule has 2 rings (SSSR count). The Balaban J connectivity index is 2.75.